The van der Waals surface area contributed by atoms with E-state index in [1.807, 2.05) is 0 Å². The third-order valence-corrected chi connectivity index (χ3v) is 3.43. The van der Waals surface area contributed by atoms with Crippen molar-refractivity contribution in [2.24, 2.45) is 0 Å². The van der Waals surface area contributed by atoms with E-state index in [4.69, 9.17) is 30.6 Å². The second kappa shape index (κ2) is 10.5. The lowest BCUT2D eigenvalue weighted by atomic mass is 9.95. The number of carboxylic acid groups (broad SMARTS) is 6. The number of carboxylic acids is 6. The monoisotopic (exact) mass is 452 g/mol. The molecule has 0 rings (SSSR count). The van der Waals surface area contributed by atoms with Crippen LogP contribution in [0.1, 0.15) is 32.1 Å². The van der Waals surface area contributed by atoms with Gasteiger partial charge in [-0.25, -0.2) is 9.59 Å². The van der Waals surface area contributed by atoms with Gasteiger partial charge in [-0.1, -0.05) is 0 Å². The molecule has 0 aromatic carbocycles. The van der Waals surface area contributed by atoms with Crippen LogP contribution in [-0.2, 0) is 47.8 Å². The van der Waals surface area contributed by atoms with Gasteiger partial charge in [0.25, 0.3) is 0 Å². The van der Waals surface area contributed by atoms with Gasteiger partial charge in [-0.15, -0.1) is 0 Å². The van der Waals surface area contributed by atoms with Crippen LogP contribution in [0.3, 0.4) is 0 Å². The maximum atomic E-state index is 11.9. The SMILES string of the molecule is O=C(O)CC(CC(=O)O)(OC(=O)CC(=O)OC(CC(=O)O)(CC(=O)O)C(=O)O)C(=O)O. The minimum atomic E-state index is -3.14. The number of carbonyl (C=O) groups is 8. The van der Waals surface area contributed by atoms with Gasteiger partial charge in [0, 0.05) is 0 Å². The van der Waals surface area contributed by atoms with Crippen molar-refractivity contribution < 1.29 is 78.5 Å². The predicted molar refractivity (Wildman–Crippen MR) is 86.5 cm³/mol. The molecule has 0 aromatic heterocycles. The highest BCUT2D eigenvalue weighted by Gasteiger charge is 2.49. The molecule has 0 radical (unpaired) electrons. The van der Waals surface area contributed by atoms with Gasteiger partial charge < -0.3 is 40.1 Å². The van der Waals surface area contributed by atoms with Gasteiger partial charge in [0.05, 0.1) is 25.7 Å². The Balaban J connectivity index is 5.69. The molecule has 16 heteroatoms. The van der Waals surface area contributed by atoms with Crippen LogP contribution in [0.2, 0.25) is 0 Å². The van der Waals surface area contributed by atoms with Crippen LogP contribution in [0.4, 0.5) is 0 Å². The number of carbonyl (C=O) groups excluding carboxylic acids is 2. The zero-order valence-corrected chi connectivity index (χ0v) is 15.3. The molecule has 172 valence electrons. The fourth-order valence-corrected chi connectivity index (χ4v) is 2.26. The van der Waals surface area contributed by atoms with Gasteiger partial charge in [0.15, 0.2) is 0 Å². The molecule has 0 aliphatic carbocycles. The maximum Gasteiger partial charge on any atom is 0.349 e. The first-order valence-corrected chi connectivity index (χ1v) is 7.83. The fraction of sp³-hybridized carbons (Fsp3) is 0.467. The summed E-state index contributed by atoms with van der Waals surface area (Å²) in [6, 6.07) is 0. The third-order valence-electron chi connectivity index (χ3n) is 3.43. The standard InChI is InChI=1S/C15H16O16/c16-6(17)2-14(12(26)27,3-7(18)19)30-10(24)1-11(25)31-15(13(28)29,4-8(20)21)5-9(22)23/h1-5H2,(H,16,17)(H,18,19)(H,20,21)(H,22,23)(H,26,27)(H,28,29). The van der Waals surface area contributed by atoms with Crippen molar-refractivity contribution in [1.82, 2.24) is 0 Å². The van der Waals surface area contributed by atoms with Gasteiger partial charge >= 0.3 is 47.8 Å². The molecule has 0 amide bonds. The van der Waals surface area contributed by atoms with Gasteiger partial charge in [0.2, 0.25) is 11.2 Å². The van der Waals surface area contributed by atoms with Crippen LogP contribution >= 0.6 is 0 Å². The van der Waals surface area contributed by atoms with E-state index in [1.165, 1.54) is 0 Å². The molecule has 0 heterocycles. The summed E-state index contributed by atoms with van der Waals surface area (Å²) in [7, 11) is 0. The van der Waals surface area contributed by atoms with Gasteiger partial charge in [0.1, 0.15) is 6.42 Å². The van der Waals surface area contributed by atoms with E-state index >= 15 is 0 Å². The first kappa shape index (κ1) is 26.8. The molecular formula is C15H16O16. The van der Waals surface area contributed by atoms with Gasteiger partial charge in [-0.3, -0.25) is 28.8 Å². The average Bonchev–Trinajstić information content (AvgIpc) is 2.50. The molecule has 0 aliphatic heterocycles. The molecule has 0 fully saturated rings. The summed E-state index contributed by atoms with van der Waals surface area (Å²) in [5, 5.41) is 53.4. The summed E-state index contributed by atoms with van der Waals surface area (Å²) in [6.07, 6.45) is -7.71. The largest absolute Gasteiger partial charge is 0.481 e. The second-order valence-electron chi connectivity index (χ2n) is 6.01. The van der Waals surface area contributed by atoms with Crippen molar-refractivity contribution >= 4 is 47.8 Å². The van der Waals surface area contributed by atoms with Crippen molar-refractivity contribution in [3.63, 3.8) is 0 Å². The molecule has 0 spiro atoms. The van der Waals surface area contributed by atoms with Gasteiger partial charge in [-0.2, -0.15) is 0 Å². The molecule has 0 bridgehead atoms. The van der Waals surface area contributed by atoms with Crippen LogP contribution < -0.4 is 0 Å². The number of hydrogen-bond acceptors (Lipinski definition) is 10. The van der Waals surface area contributed by atoms with E-state index in [1.54, 1.807) is 0 Å². The molecule has 0 saturated heterocycles. The van der Waals surface area contributed by atoms with Crippen LogP contribution in [0, 0.1) is 0 Å². The van der Waals surface area contributed by atoms with E-state index in [9.17, 15) is 38.4 Å². The summed E-state index contributed by atoms with van der Waals surface area (Å²) >= 11 is 0. The van der Waals surface area contributed by atoms with Gasteiger partial charge in [-0.05, 0) is 0 Å². The van der Waals surface area contributed by atoms with E-state index in [2.05, 4.69) is 9.47 Å². The first-order valence-electron chi connectivity index (χ1n) is 7.83. The predicted octanol–water partition coefficient (Wildman–Crippen LogP) is -1.99. The zero-order chi connectivity index (χ0) is 24.6. The molecule has 31 heavy (non-hydrogen) atoms. The van der Waals surface area contributed by atoms with Crippen molar-refractivity contribution in [3.05, 3.63) is 0 Å². The Hall–Kier alpha value is -4.24. The summed E-state index contributed by atoms with van der Waals surface area (Å²) in [5.74, 6) is -15.6. The number of esters is 2. The molecular weight excluding hydrogens is 436 g/mol. The smallest absolute Gasteiger partial charge is 0.349 e. The normalized spacial score (nSPS) is 11.1. The average molecular weight is 452 g/mol. The van der Waals surface area contributed by atoms with Crippen molar-refractivity contribution in [3.8, 4) is 0 Å². The number of aliphatic carboxylic acids is 6. The van der Waals surface area contributed by atoms with Crippen LogP contribution in [0.25, 0.3) is 0 Å². The Morgan fingerprint density at radius 3 is 0.871 bits per heavy atom. The number of hydrogen-bond donors (Lipinski definition) is 6. The van der Waals surface area contributed by atoms with Crippen molar-refractivity contribution in [2.45, 2.75) is 43.3 Å². The Bertz CT molecular complexity index is 710. The van der Waals surface area contributed by atoms with E-state index in [0.29, 0.717) is 0 Å². The molecule has 0 unspecified atom stereocenters. The number of rotatable bonds is 14. The van der Waals surface area contributed by atoms with E-state index < -0.39 is 91.1 Å². The zero-order valence-electron chi connectivity index (χ0n) is 15.3. The summed E-state index contributed by atoms with van der Waals surface area (Å²) in [6.45, 7) is 0. The molecule has 0 aromatic rings. The molecule has 0 saturated carbocycles. The summed E-state index contributed by atoms with van der Waals surface area (Å²) in [5.41, 5.74) is -6.28. The third kappa shape index (κ3) is 8.34. The molecule has 0 aliphatic rings. The summed E-state index contributed by atoms with van der Waals surface area (Å²) in [4.78, 5) is 89.9. The number of ether oxygens (including phenoxy) is 2. The topological polar surface area (TPSA) is 276 Å². The minimum absolute atomic E-state index is 1.52. The van der Waals surface area contributed by atoms with Crippen LogP contribution in [-0.4, -0.2) is 89.6 Å². The minimum Gasteiger partial charge on any atom is -0.481 e. The highest BCUT2D eigenvalue weighted by molar-refractivity contribution is 5.97. The van der Waals surface area contributed by atoms with Crippen molar-refractivity contribution in [1.29, 1.82) is 0 Å². The second-order valence-corrected chi connectivity index (χ2v) is 6.01. The maximum absolute atomic E-state index is 11.9. The van der Waals surface area contributed by atoms with E-state index in [-0.39, 0.29) is 0 Å². The Morgan fingerprint density at radius 2 is 0.710 bits per heavy atom. The quantitative estimate of drug-likeness (QED) is 0.123. The Labute approximate surface area is 170 Å². The van der Waals surface area contributed by atoms with E-state index in [0.717, 1.165) is 0 Å². The first-order chi connectivity index (χ1) is 14.0. The Morgan fingerprint density at radius 1 is 0.484 bits per heavy atom. The lowest BCUT2D eigenvalue weighted by Gasteiger charge is -2.27. The molecule has 6 N–H and O–H groups in total. The summed E-state index contributed by atoms with van der Waals surface area (Å²) < 4.78 is 8.70. The molecule has 16 nitrogen and oxygen atoms in total. The highest BCUT2D eigenvalue weighted by Crippen LogP contribution is 2.25. The Kier molecular flexibility index (Phi) is 9.07. The van der Waals surface area contributed by atoms with Crippen molar-refractivity contribution in [2.75, 3.05) is 0 Å². The lowest BCUT2D eigenvalue weighted by molar-refractivity contribution is -0.192. The lowest BCUT2D eigenvalue weighted by Crippen LogP contribution is -2.49. The van der Waals surface area contributed by atoms with Crippen LogP contribution in [0.15, 0.2) is 0 Å². The van der Waals surface area contributed by atoms with Crippen LogP contribution in [0.5, 0.6) is 0 Å². The fourth-order valence-electron chi connectivity index (χ4n) is 2.26. The highest BCUT2D eigenvalue weighted by atomic mass is 16.6. The molecule has 0 atom stereocenters.